The van der Waals surface area contributed by atoms with Gasteiger partial charge in [-0.05, 0) is 46.9 Å². The van der Waals surface area contributed by atoms with Gasteiger partial charge in [-0.25, -0.2) is 30.3 Å². The van der Waals surface area contributed by atoms with Gasteiger partial charge in [0.1, 0.15) is 24.3 Å². The van der Waals surface area contributed by atoms with Gasteiger partial charge in [-0.15, -0.1) is 0 Å². The van der Waals surface area contributed by atoms with Gasteiger partial charge in [-0.2, -0.15) is 5.26 Å². The summed E-state index contributed by atoms with van der Waals surface area (Å²) in [7, 11) is -1.44. The van der Waals surface area contributed by atoms with E-state index in [1.807, 2.05) is 6.07 Å². The minimum absolute atomic E-state index is 0.0949. The van der Waals surface area contributed by atoms with Crippen molar-refractivity contribution in [3.05, 3.63) is 63.5 Å². The number of fused-ring (bicyclic) bond motifs is 2. The highest BCUT2D eigenvalue weighted by atomic mass is 32.2. The van der Waals surface area contributed by atoms with Crippen LogP contribution in [-0.4, -0.2) is 44.3 Å². The van der Waals surface area contributed by atoms with Crippen LogP contribution in [0.15, 0.2) is 29.2 Å². The fourth-order valence-electron chi connectivity index (χ4n) is 4.74. The molecule has 0 saturated heterocycles. The predicted octanol–water partition coefficient (Wildman–Crippen LogP) is 3.76. The van der Waals surface area contributed by atoms with Gasteiger partial charge in [0, 0.05) is 32.0 Å². The summed E-state index contributed by atoms with van der Waals surface area (Å²) in [5, 5.41) is 19.9. The average molecular weight is 468 g/mol. The van der Waals surface area contributed by atoms with Crippen LogP contribution < -0.4 is 0 Å². The maximum absolute atomic E-state index is 14.6. The number of alkyl halides is 3. The van der Waals surface area contributed by atoms with E-state index in [-0.39, 0.29) is 44.7 Å². The summed E-state index contributed by atoms with van der Waals surface area (Å²) in [6.45, 7) is 0. The fourth-order valence-corrected chi connectivity index (χ4v) is 5.89. The number of aliphatic hydroxyl groups is 1. The van der Waals surface area contributed by atoms with E-state index in [0.717, 1.165) is 16.4 Å². The van der Waals surface area contributed by atoms with Crippen LogP contribution in [0.3, 0.4) is 0 Å². The van der Waals surface area contributed by atoms with Gasteiger partial charge in [0.05, 0.1) is 16.5 Å². The SMILES string of the molecule is CN(C)S(=O)(=O)c1ccc([C@H]2C[C@H](F)[C@H](F)c3cc(F)cc(C#N)c32)c2c1[C@H](O)[C@H](F)C2. The van der Waals surface area contributed by atoms with Crippen molar-refractivity contribution in [2.45, 2.75) is 48.3 Å². The van der Waals surface area contributed by atoms with E-state index in [0.29, 0.717) is 0 Å². The molecule has 0 radical (unpaired) electrons. The van der Waals surface area contributed by atoms with Gasteiger partial charge in [-0.3, -0.25) is 0 Å². The highest BCUT2D eigenvalue weighted by Gasteiger charge is 2.43. The number of hydrogen-bond donors (Lipinski definition) is 1. The molecule has 0 saturated carbocycles. The summed E-state index contributed by atoms with van der Waals surface area (Å²) in [5.41, 5.74) is -0.0217. The van der Waals surface area contributed by atoms with Crippen LogP contribution in [0.2, 0.25) is 0 Å². The minimum atomic E-state index is -4.03. The Hall–Kier alpha value is -2.48. The second-order valence-electron chi connectivity index (χ2n) is 8.27. The fraction of sp³-hybridized carbons (Fsp3) is 0.409. The quantitative estimate of drug-likeness (QED) is 0.696. The summed E-state index contributed by atoms with van der Waals surface area (Å²) < 4.78 is 84.2. The molecule has 32 heavy (non-hydrogen) atoms. The number of halogens is 4. The van der Waals surface area contributed by atoms with Gasteiger partial charge in [0.25, 0.3) is 0 Å². The molecule has 0 amide bonds. The molecule has 0 aliphatic heterocycles. The summed E-state index contributed by atoms with van der Waals surface area (Å²) in [6, 6.07) is 6.16. The lowest BCUT2D eigenvalue weighted by atomic mass is 9.74. The van der Waals surface area contributed by atoms with Crippen molar-refractivity contribution in [1.29, 1.82) is 5.26 Å². The van der Waals surface area contributed by atoms with Gasteiger partial charge in [0.15, 0.2) is 6.17 Å². The average Bonchev–Trinajstić information content (AvgIpc) is 3.04. The van der Waals surface area contributed by atoms with Gasteiger partial charge >= 0.3 is 0 Å². The number of benzene rings is 2. The molecule has 10 heteroatoms. The van der Waals surface area contributed by atoms with Gasteiger partial charge in [0.2, 0.25) is 10.0 Å². The zero-order valence-electron chi connectivity index (χ0n) is 17.2. The Labute approximate surface area is 182 Å². The number of rotatable bonds is 3. The molecule has 0 spiro atoms. The van der Waals surface area contributed by atoms with Crippen molar-refractivity contribution < 1.29 is 31.1 Å². The summed E-state index contributed by atoms with van der Waals surface area (Å²) >= 11 is 0. The predicted molar refractivity (Wildman–Crippen MR) is 107 cm³/mol. The Morgan fingerprint density at radius 1 is 1.09 bits per heavy atom. The van der Waals surface area contributed by atoms with Crippen LogP contribution in [0.1, 0.15) is 58.0 Å². The molecular formula is C22H20F4N2O3S. The van der Waals surface area contributed by atoms with E-state index in [9.17, 15) is 36.3 Å². The lowest BCUT2D eigenvalue weighted by Crippen LogP contribution is -2.26. The van der Waals surface area contributed by atoms with Crippen molar-refractivity contribution >= 4 is 10.0 Å². The first-order chi connectivity index (χ1) is 15.0. The highest BCUT2D eigenvalue weighted by molar-refractivity contribution is 7.89. The number of sulfonamides is 1. The Morgan fingerprint density at radius 3 is 2.41 bits per heavy atom. The first-order valence-electron chi connectivity index (χ1n) is 9.90. The minimum Gasteiger partial charge on any atom is -0.385 e. The van der Waals surface area contributed by atoms with Crippen LogP contribution >= 0.6 is 0 Å². The molecule has 1 N–H and O–H groups in total. The molecule has 170 valence electrons. The van der Waals surface area contributed by atoms with Crippen molar-refractivity contribution in [2.24, 2.45) is 0 Å². The first kappa shape index (κ1) is 22.7. The molecule has 0 heterocycles. The van der Waals surface area contributed by atoms with Crippen molar-refractivity contribution in [1.82, 2.24) is 4.31 Å². The second-order valence-corrected chi connectivity index (χ2v) is 10.4. The number of aliphatic hydroxyl groups excluding tert-OH is 1. The number of nitriles is 1. The molecule has 0 bridgehead atoms. The molecule has 2 aromatic carbocycles. The van der Waals surface area contributed by atoms with E-state index in [2.05, 4.69) is 0 Å². The topological polar surface area (TPSA) is 81.4 Å². The molecule has 2 aliphatic carbocycles. The van der Waals surface area contributed by atoms with E-state index in [4.69, 9.17) is 0 Å². The van der Waals surface area contributed by atoms with Gasteiger partial charge in [-0.1, -0.05) is 6.07 Å². The Morgan fingerprint density at radius 2 is 1.78 bits per heavy atom. The van der Waals surface area contributed by atoms with E-state index < -0.39 is 52.8 Å². The van der Waals surface area contributed by atoms with Crippen LogP contribution in [0.5, 0.6) is 0 Å². The third kappa shape index (κ3) is 3.31. The van der Waals surface area contributed by atoms with Crippen LogP contribution in [0.4, 0.5) is 17.6 Å². The molecule has 0 fully saturated rings. The standard InChI is InChI=1S/C22H20F4N2O3S/c1-28(2)32(30,31)18-4-3-12(14-8-17(25)22(29)20(14)18)13-7-16(24)21(26)15-6-11(23)5-10(9-27)19(13)15/h3-6,13,16-17,21-22,29H,7-8H2,1-2H3/t13-,16+,17-,21-,22-/m1/s1. The molecule has 2 aliphatic rings. The molecule has 4 rings (SSSR count). The number of nitrogens with zero attached hydrogens (tertiary/aromatic N) is 2. The molecule has 2 aromatic rings. The van der Waals surface area contributed by atoms with Crippen molar-refractivity contribution in [3.63, 3.8) is 0 Å². The summed E-state index contributed by atoms with van der Waals surface area (Å²) in [4.78, 5) is -0.273. The first-order valence-corrected chi connectivity index (χ1v) is 11.3. The zero-order chi connectivity index (χ0) is 23.5. The molecule has 5 atom stereocenters. The van der Waals surface area contributed by atoms with Crippen molar-refractivity contribution in [3.8, 4) is 6.07 Å². The Balaban J connectivity index is 2.00. The smallest absolute Gasteiger partial charge is 0.242 e. The third-order valence-corrected chi connectivity index (χ3v) is 8.12. The van der Waals surface area contributed by atoms with Crippen LogP contribution in [-0.2, 0) is 16.4 Å². The maximum atomic E-state index is 14.6. The molecular weight excluding hydrogens is 448 g/mol. The van der Waals surface area contributed by atoms with Gasteiger partial charge < -0.3 is 5.11 Å². The van der Waals surface area contributed by atoms with Crippen LogP contribution in [0.25, 0.3) is 0 Å². The van der Waals surface area contributed by atoms with Crippen molar-refractivity contribution in [2.75, 3.05) is 14.1 Å². The largest absolute Gasteiger partial charge is 0.385 e. The summed E-state index contributed by atoms with van der Waals surface area (Å²) in [6.07, 6.45) is -8.36. The highest BCUT2D eigenvalue weighted by Crippen LogP contribution is 2.50. The maximum Gasteiger partial charge on any atom is 0.242 e. The molecule has 0 aromatic heterocycles. The molecule has 0 unspecified atom stereocenters. The summed E-state index contributed by atoms with van der Waals surface area (Å²) in [5.74, 6) is -1.82. The van der Waals surface area contributed by atoms with E-state index >= 15 is 0 Å². The second kappa shape index (κ2) is 7.83. The van der Waals surface area contributed by atoms with Crippen LogP contribution in [0, 0.1) is 17.1 Å². The lowest BCUT2D eigenvalue weighted by molar-refractivity contribution is 0.0906. The normalized spacial score (nSPS) is 27.2. The third-order valence-electron chi connectivity index (χ3n) is 6.25. The van der Waals surface area contributed by atoms with E-state index in [1.54, 1.807) is 0 Å². The lowest BCUT2D eigenvalue weighted by Gasteiger charge is -2.33. The zero-order valence-corrected chi connectivity index (χ0v) is 18.0. The molecule has 5 nitrogen and oxygen atoms in total. The van der Waals surface area contributed by atoms with E-state index in [1.165, 1.54) is 26.2 Å². The Bertz CT molecular complexity index is 1240. The monoisotopic (exact) mass is 468 g/mol. The number of hydrogen-bond acceptors (Lipinski definition) is 4. The Kier molecular flexibility index (Phi) is 5.56.